The van der Waals surface area contributed by atoms with Gasteiger partial charge in [0.1, 0.15) is 0 Å². The van der Waals surface area contributed by atoms with Crippen LogP contribution in [-0.2, 0) is 0 Å². The topological polar surface area (TPSA) is 32.9 Å². The van der Waals surface area contributed by atoms with Crippen molar-refractivity contribution in [1.29, 1.82) is 0 Å². The van der Waals surface area contributed by atoms with Gasteiger partial charge in [0.05, 0.1) is 0 Å². The number of aromatic amines is 1. The highest BCUT2D eigenvalue weighted by Crippen LogP contribution is 2.14. The van der Waals surface area contributed by atoms with Crippen molar-refractivity contribution in [3.05, 3.63) is 52.0 Å². The van der Waals surface area contributed by atoms with Gasteiger partial charge in [-0.1, -0.05) is 59.8 Å². The van der Waals surface area contributed by atoms with Crippen molar-refractivity contribution >= 4 is 5.57 Å². The average Bonchev–Trinajstić information content (AvgIpc) is 2.53. The number of pyridine rings is 1. The summed E-state index contributed by atoms with van der Waals surface area (Å²) in [5.74, 6) is 0. The lowest BCUT2D eigenvalue weighted by molar-refractivity contribution is 1.17. The number of rotatable bonds is 2. The van der Waals surface area contributed by atoms with Gasteiger partial charge < -0.3 is 4.98 Å². The summed E-state index contributed by atoms with van der Waals surface area (Å²) >= 11 is 0. The first-order valence-corrected chi connectivity index (χ1v) is 7.67. The third-order valence-corrected chi connectivity index (χ3v) is 2.08. The van der Waals surface area contributed by atoms with E-state index in [2.05, 4.69) is 4.98 Å². The fourth-order valence-corrected chi connectivity index (χ4v) is 1.30. The Kier molecular flexibility index (Phi) is 20.5. The molecule has 0 aliphatic carbocycles. The van der Waals surface area contributed by atoms with Crippen LogP contribution < -0.4 is 5.56 Å². The molecule has 0 saturated carbocycles. The second-order valence-electron chi connectivity index (χ2n) is 3.14. The number of aromatic nitrogens is 1. The zero-order valence-electron chi connectivity index (χ0n) is 14.8. The van der Waals surface area contributed by atoms with Crippen LogP contribution in [0.25, 0.3) is 5.57 Å². The minimum Gasteiger partial charge on any atom is -0.328 e. The molecular formula is C18H33NO. The van der Waals surface area contributed by atoms with E-state index in [0.717, 1.165) is 16.7 Å². The molecule has 0 aliphatic heterocycles. The first-order chi connectivity index (χ1) is 9.69. The van der Waals surface area contributed by atoms with Crippen LogP contribution in [0.15, 0.2) is 35.3 Å². The summed E-state index contributed by atoms with van der Waals surface area (Å²) in [5, 5.41) is 0. The number of nitrogens with one attached hydrogen (secondary N) is 1. The Morgan fingerprint density at radius 1 is 1.05 bits per heavy atom. The predicted molar refractivity (Wildman–Crippen MR) is 94.3 cm³/mol. The normalized spacial score (nSPS) is 9.55. The second-order valence-corrected chi connectivity index (χ2v) is 3.14. The smallest absolute Gasteiger partial charge is 0.250 e. The molecule has 20 heavy (non-hydrogen) atoms. The van der Waals surface area contributed by atoms with Crippen molar-refractivity contribution < 1.29 is 0 Å². The molecule has 0 aromatic carbocycles. The van der Waals surface area contributed by atoms with Gasteiger partial charge in [-0.05, 0) is 38.0 Å². The molecule has 0 radical (unpaired) electrons. The zero-order valence-corrected chi connectivity index (χ0v) is 14.8. The Balaban J connectivity index is -0.000000425. The summed E-state index contributed by atoms with van der Waals surface area (Å²) in [4.78, 5) is 13.9. The predicted octanol–water partition coefficient (Wildman–Crippen LogP) is 5.74. The van der Waals surface area contributed by atoms with Gasteiger partial charge in [-0.2, -0.15) is 0 Å². The Bertz CT molecular complexity index is 425. The van der Waals surface area contributed by atoms with E-state index in [1.165, 1.54) is 0 Å². The van der Waals surface area contributed by atoms with Gasteiger partial charge in [0.15, 0.2) is 0 Å². The van der Waals surface area contributed by atoms with Crippen molar-refractivity contribution in [1.82, 2.24) is 4.98 Å². The third-order valence-electron chi connectivity index (χ3n) is 2.08. The number of aryl methyl sites for hydroxylation is 1. The van der Waals surface area contributed by atoms with E-state index < -0.39 is 0 Å². The molecule has 0 fully saturated rings. The molecule has 2 nitrogen and oxygen atoms in total. The molecule has 1 aromatic rings. The lowest BCUT2D eigenvalue weighted by Crippen LogP contribution is -2.08. The lowest BCUT2D eigenvalue weighted by atomic mass is 10.1. The van der Waals surface area contributed by atoms with E-state index in [1.807, 2.05) is 86.6 Å². The van der Waals surface area contributed by atoms with Crippen LogP contribution in [-0.4, -0.2) is 4.98 Å². The largest absolute Gasteiger partial charge is 0.328 e. The van der Waals surface area contributed by atoms with Gasteiger partial charge in [0, 0.05) is 11.8 Å². The van der Waals surface area contributed by atoms with Gasteiger partial charge in [-0.25, -0.2) is 0 Å². The van der Waals surface area contributed by atoms with E-state index in [0.29, 0.717) is 0 Å². The Morgan fingerprint density at radius 3 is 1.90 bits per heavy atom. The van der Waals surface area contributed by atoms with Crippen LogP contribution in [0.2, 0.25) is 0 Å². The van der Waals surface area contributed by atoms with Crippen molar-refractivity contribution in [2.75, 3.05) is 0 Å². The SMILES string of the molecule is C/C=C\C(=C/C)c1c[nH]c(=O)c(C)c1.CC.CC.CC. The van der Waals surface area contributed by atoms with Crippen LogP contribution in [0.5, 0.6) is 0 Å². The molecule has 2 heteroatoms. The van der Waals surface area contributed by atoms with Crippen molar-refractivity contribution in [3.8, 4) is 0 Å². The van der Waals surface area contributed by atoms with Crippen molar-refractivity contribution in [3.63, 3.8) is 0 Å². The van der Waals surface area contributed by atoms with E-state index in [-0.39, 0.29) is 5.56 Å². The fourth-order valence-electron chi connectivity index (χ4n) is 1.30. The summed E-state index contributed by atoms with van der Waals surface area (Å²) in [7, 11) is 0. The molecule has 0 saturated heterocycles. The van der Waals surface area contributed by atoms with Crippen LogP contribution in [0.3, 0.4) is 0 Å². The molecule has 0 amide bonds. The summed E-state index contributed by atoms with van der Waals surface area (Å²) in [5.41, 5.74) is 2.88. The highest BCUT2D eigenvalue weighted by atomic mass is 16.1. The summed E-state index contributed by atoms with van der Waals surface area (Å²) in [6.45, 7) is 17.8. The molecule has 0 spiro atoms. The number of allylic oxidation sites excluding steroid dienone is 4. The Labute approximate surface area is 125 Å². The second kappa shape index (κ2) is 17.4. The van der Waals surface area contributed by atoms with Crippen LogP contribution >= 0.6 is 0 Å². The highest BCUT2D eigenvalue weighted by Gasteiger charge is 1.99. The minimum atomic E-state index is -0.0234. The Hall–Kier alpha value is -1.57. The first-order valence-electron chi connectivity index (χ1n) is 7.67. The number of H-pyrrole nitrogens is 1. The standard InChI is InChI=1S/C12H15NO.3C2H6/c1-4-6-10(5-2)11-7-9(3)12(14)13-8-11;3*1-2/h4-8H,1-3H3,(H,13,14);3*1-2H3/b6-4-,10-5+;;;. The van der Waals surface area contributed by atoms with Crippen molar-refractivity contribution in [2.24, 2.45) is 0 Å². The average molecular weight is 279 g/mol. The van der Waals surface area contributed by atoms with Crippen LogP contribution in [0, 0.1) is 6.92 Å². The van der Waals surface area contributed by atoms with Gasteiger partial charge in [0.25, 0.3) is 5.56 Å². The van der Waals surface area contributed by atoms with Gasteiger partial charge in [0.2, 0.25) is 0 Å². The molecule has 0 unspecified atom stereocenters. The summed E-state index contributed by atoms with van der Waals surface area (Å²) in [6, 6.07) is 1.90. The quantitative estimate of drug-likeness (QED) is 0.688. The molecular weight excluding hydrogens is 246 g/mol. The molecule has 0 atom stereocenters. The molecule has 0 bridgehead atoms. The van der Waals surface area contributed by atoms with E-state index in [9.17, 15) is 4.79 Å². The molecule has 1 N–H and O–H groups in total. The zero-order chi connectivity index (χ0) is 16.6. The van der Waals surface area contributed by atoms with Gasteiger partial charge >= 0.3 is 0 Å². The number of hydrogen-bond donors (Lipinski definition) is 1. The molecule has 0 aliphatic rings. The third kappa shape index (κ3) is 9.37. The van der Waals surface area contributed by atoms with Crippen LogP contribution in [0.4, 0.5) is 0 Å². The van der Waals surface area contributed by atoms with E-state index in [1.54, 1.807) is 6.20 Å². The monoisotopic (exact) mass is 279 g/mol. The van der Waals surface area contributed by atoms with E-state index in [4.69, 9.17) is 0 Å². The van der Waals surface area contributed by atoms with Crippen LogP contribution in [0.1, 0.15) is 66.5 Å². The minimum absolute atomic E-state index is 0.0234. The maximum absolute atomic E-state index is 11.1. The molecule has 1 rings (SSSR count). The highest BCUT2D eigenvalue weighted by molar-refractivity contribution is 5.73. The summed E-state index contributed by atoms with van der Waals surface area (Å²) in [6.07, 6.45) is 7.76. The molecule has 116 valence electrons. The maximum atomic E-state index is 11.1. The summed E-state index contributed by atoms with van der Waals surface area (Å²) < 4.78 is 0. The van der Waals surface area contributed by atoms with Gasteiger partial charge in [-0.3, -0.25) is 4.79 Å². The maximum Gasteiger partial charge on any atom is 0.250 e. The van der Waals surface area contributed by atoms with E-state index >= 15 is 0 Å². The number of hydrogen-bond acceptors (Lipinski definition) is 1. The van der Waals surface area contributed by atoms with Crippen molar-refractivity contribution in [2.45, 2.75) is 62.3 Å². The molecule has 1 heterocycles. The van der Waals surface area contributed by atoms with Gasteiger partial charge in [-0.15, -0.1) is 0 Å². The first kappa shape index (κ1) is 23.5. The lowest BCUT2D eigenvalue weighted by Gasteiger charge is -2.02. The fraction of sp³-hybridized carbons (Fsp3) is 0.500. The Morgan fingerprint density at radius 2 is 1.55 bits per heavy atom. The molecule has 1 aromatic heterocycles.